The molecule has 1 heterocycles. The molecule has 0 bridgehead atoms. The van der Waals surface area contributed by atoms with Crippen LogP contribution in [0.2, 0.25) is 0 Å². The molecule has 1 saturated heterocycles. The topological polar surface area (TPSA) is 46.3 Å². The predicted octanol–water partition coefficient (Wildman–Crippen LogP) is 1.95. The first-order chi connectivity index (χ1) is 8.09. The average Bonchev–Trinajstić information content (AvgIpc) is 2.29. The van der Waals surface area contributed by atoms with Crippen molar-refractivity contribution in [2.24, 2.45) is 5.73 Å². The number of halogens is 3. The Labute approximate surface area is 110 Å². The third-order valence-electron chi connectivity index (χ3n) is 3.00. The van der Waals surface area contributed by atoms with Gasteiger partial charge in [0.25, 0.3) is 5.91 Å². The summed E-state index contributed by atoms with van der Waals surface area (Å²) in [5.74, 6) is -2.22. The summed E-state index contributed by atoms with van der Waals surface area (Å²) in [5.41, 5.74) is 5.24. The quantitative estimate of drug-likeness (QED) is 0.852. The van der Waals surface area contributed by atoms with Crippen molar-refractivity contribution < 1.29 is 13.6 Å². The summed E-state index contributed by atoms with van der Waals surface area (Å²) in [4.78, 5) is 13.4. The standard InChI is InChI=1S/C12H14F2N2O.ClH/c13-9-2-1-3-10(14)11(9)12(17)16-6-4-8(15)5-7-16;/h1-3,8H,4-7,15H2;1H. The van der Waals surface area contributed by atoms with E-state index in [0.29, 0.717) is 25.9 Å². The lowest BCUT2D eigenvalue weighted by atomic mass is 10.0. The SMILES string of the molecule is Cl.NC1CCN(C(=O)c2c(F)cccc2F)CC1. The van der Waals surface area contributed by atoms with Gasteiger partial charge in [0, 0.05) is 19.1 Å². The molecule has 0 spiro atoms. The number of piperidine rings is 1. The summed E-state index contributed by atoms with van der Waals surface area (Å²) in [7, 11) is 0. The van der Waals surface area contributed by atoms with Crippen LogP contribution in [0, 0.1) is 11.6 Å². The van der Waals surface area contributed by atoms with E-state index in [2.05, 4.69) is 0 Å². The predicted molar refractivity (Wildman–Crippen MR) is 66.7 cm³/mol. The second-order valence-corrected chi connectivity index (χ2v) is 4.23. The highest BCUT2D eigenvalue weighted by Crippen LogP contribution is 2.17. The molecule has 1 fully saturated rings. The van der Waals surface area contributed by atoms with Gasteiger partial charge in [0.2, 0.25) is 0 Å². The van der Waals surface area contributed by atoms with Crippen LogP contribution >= 0.6 is 12.4 Å². The fourth-order valence-electron chi connectivity index (χ4n) is 1.96. The van der Waals surface area contributed by atoms with Crippen molar-refractivity contribution in [3.63, 3.8) is 0 Å². The zero-order valence-electron chi connectivity index (χ0n) is 9.73. The van der Waals surface area contributed by atoms with Crippen molar-refractivity contribution in [2.45, 2.75) is 18.9 Å². The van der Waals surface area contributed by atoms with Crippen LogP contribution in [0.5, 0.6) is 0 Å². The van der Waals surface area contributed by atoms with Gasteiger partial charge in [0.05, 0.1) is 0 Å². The van der Waals surface area contributed by atoms with Crippen molar-refractivity contribution in [1.82, 2.24) is 4.90 Å². The molecular formula is C12H15ClF2N2O. The van der Waals surface area contributed by atoms with E-state index in [1.54, 1.807) is 0 Å². The summed E-state index contributed by atoms with van der Waals surface area (Å²) >= 11 is 0. The summed E-state index contributed by atoms with van der Waals surface area (Å²) in [6, 6.07) is 3.50. The molecule has 18 heavy (non-hydrogen) atoms. The zero-order valence-corrected chi connectivity index (χ0v) is 10.6. The smallest absolute Gasteiger partial charge is 0.259 e. The van der Waals surface area contributed by atoms with Crippen molar-refractivity contribution in [1.29, 1.82) is 0 Å². The van der Waals surface area contributed by atoms with E-state index in [-0.39, 0.29) is 18.4 Å². The fourth-order valence-corrected chi connectivity index (χ4v) is 1.96. The summed E-state index contributed by atoms with van der Waals surface area (Å²) in [6.07, 6.45) is 1.34. The van der Waals surface area contributed by atoms with Crippen LogP contribution in [0.4, 0.5) is 8.78 Å². The van der Waals surface area contributed by atoms with E-state index in [1.165, 1.54) is 11.0 Å². The molecule has 1 aliphatic rings. The second-order valence-electron chi connectivity index (χ2n) is 4.23. The van der Waals surface area contributed by atoms with Crippen molar-refractivity contribution in [3.8, 4) is 0 Å². The van der Waals surface area contributed by atoms with Crippen LogP contribution in [-0.4, -0.2) is 29.9 Å². The van der Waals surface area contributed by atoms with Crippen molar-refractivity contribution in [3.05, 3.63) is 35.4 Å². The highest BCUT2D eigenvalue weighted by atomic mass is 35.5. The van der Waals surface area contributed by atoms with Gasteiger partial charge in [-0.15, -0.1) is 12.4 Å². The zero-order chi connectivity index (χ0) is 12.4. The van der Waals surface area contributed by atoms with Crippen LogP contribution in [-0.2, 0) is 0 Å². The number of hydrogen-bond acceptors (Lipinski definition) is 2. The molecule has 2 N–H and O–H groups in total. The number of hydrogen-bond donors (Lipinski definition) is 1. The van der Waals surface area contributed by atoms with Gasteiger partial charge in [0.15, 0.2) is 0 Å². The minimum atomic E-state index is -0.815. The fraction of sp³-hybridized carbons (Fsp3) is 0.417. The van der Waals surface area contributed by atoms with Crippen LogP contribution in [0.1, 0.15) is 23.2 Å². The molecule has 0 aliphatic carbocycles. The number of likely N-dealkylation sites (tertiary alicyclic amines) is 1. The number of nitrogens with two attached hydrogens (primary N) is 1. The number of nitrogens with zero attached hydrogens (tertiary/aromatic N) is 1. The van der Waals surface area contributed by atoms with E-state index < -0.39 is 23.1 Å². The number of amides is 1. The molecule has 0 saturated carbocycles. The molecule has 0 radical (unpaired) electrons. The Bertz CT molecular complexity index is 414. The van der Waals surface area contributed by atoms with Gasteiger partial charge in [0.1, 0.15) is 17.2 Å². The number of benzene rings is 1. The monoisotopic (exact) mass is 276 g/mol. The second kappa shape index (κ2) is 6.11. The lowest BCUT2D eigenvalue weighted by Gasteiger charge is -2.30. The molecular weight excluding hydrogens is 262 g/mol. The summed E-state index contributed by atoms with van der Waals surface area (Å²) < 4.78 is 26.8. The molecule has 0 aromatic heterocycles. The number of carbonyl (C=O) groups is 1. The Kier molecular flexibility index (Phi) is 5.04. The van der Waals surface area contributed by atoms with Gasteiger partial charge < -0.3 is 10.6 Å². The largest absolute Gasteiger partial charge is 0.338 e. The van der Waals surface area contributed by atoms with Crippen LogP contribution in [0.3, 0.4) is 0 Å². The van der Waals surface area contributed by atoms with E-state index in [4.69, 9.17) is 5.73 Å². The maximum absolute atomic E-state index is 13.4. The van der Waals surface area contributed by atoms with E-state index in [9.17, 15) is 13.6 Å². The first-order valence-corrected chi connectivity index (χ1v) is 5.58. The number of rotatable bonds is 1. The molecule has 0 unspecified atom stereocenters. The Morgan fingerprint density at radius 1 is 1.22 bits per heavy atom. The third-order valence-corrected chi connectivity index (χ3v) is 3.00. The van der Waals surface area contributed by atoms with Gasteiger partial charge in [-0.1, -0.05) is 6.07 Å². The van der Waals surface area contributed by atoms with Crippen molar-refractivity contribution in [2.75, 3.05) is 13.1 Å². The maximum Gasteiger partial charge on any atom is 0.259 e. The van der Waals surface area contributed by atoms with Crippen LogP contribution < -0.4 is 5.73 Å². The summed E-state index contributed by atoms with van der Waals surface area (Å²) in [5, 5.41) is 0. The van der Waals surface area contributed by atoms with E-state index in [1.807, 2.05) is 0 Å². The Morgan fingerprint density at radius 3 is 2.22 bits per heavy atom. The molecule has 3 nitrogen and oxygen atoms in total. The van der Waals surface area contributed by atoms with E-state index >= 15 is 0 Å². The van der Waals surface area contributed by atoms with Gasteiger partial charge >= 0.3 is 0 Å². The molecule has 6 heteroatoms. The highest BCUT2D eigenvalue weighted by Gasteiger charge is 2.25. The lowest BCUT2D eigenvalue weighted by Crippen LogP contribution is -2.43. The third kappa shape index (κ3) is 2.97. The minimum absolute atomic E-state index is 0. The summed E-state index contributed by atoms with van der Waals surface area (Å²) in [6.45, 7) is 0.904. The molecule has 0 atom stereocenters. The van der Waals surface area contributed by atoms with Gasteiger partial charge in [-0.25, -0.2) is 8.78 Å². The lowest BCUT2D eigenvalue weighted by molar-refractivity contribution is 0.0705. The van der Waals surface area contributed by atoms with Gasteiger partial charge in [-0.2, -0.15) is 0 Å². The normalized spacial score (nSPS) is 16.3. The first kappa shape index (κ1) is 14.9. The Balaban J connectivity index is 0.00000162. The molecule has 1 amide bonds. The van der Waals surface area contributed by atoms with Crippen molar-refractivity contribution >= 4 is 18.3 Å². The van der Waals surface area contributed by atoms with Crippen LogP contribution in [0.25, 0.3) is 0 Å². The molecule has 2 rings (SSSR count). The highest BCUT2D eigenvalue weighted by molar-refractivity contribution is 5.94. The number of carbonyl (C=O) groups excluding carboxylic acids is 1. The minimum Gasteiger partial charge on any atom is -0.338 e. The van der Waals surface area contributed by atoms with Crippen LogP contribution in [0.15, 0.2) is 18.2 Å². The average molecular weight is 277 g/mol. The van der Waals surface area contributed by atoms with Gasteiger partial charge in [-0.3, -0.25) is 4.79 Å². The molecule has 1 aromatic rings. The maximum atomic E-state index is 13.4. The van der Waals surface area contributed by atoms with Gasteiger partial charge in [-0.05, 0) is 25.0 Å². The molecule has 1 aliphatic heterocycles. The Morgan fingerprint density at radius 2 is 1.72 bits per heavy atom. The first-order valence-electron chi connectivity index (χ1n) is 5.58. The molecule has 100 valence electrons. The molecule has 1 aromatic carbocycles. The Hall–Kier alpha value is -1.20. The van der Waals surface area contributed by atoms with E-state index in [0.717, 1.165) is 12.1 Å².